The summed E-state index contributed by atoms with van der Waals surface area (Å²) in [4.78, 5) is 4.61. The van der Waals surface area contributed by atoms with Crippen molar-refractivity contribution < 1.29 is 0 Å². The molecule has 3 aromatic rings. The smallest absolute Gasteiger partial charge is 0.215 e. The molecule has 0 spiro atoms. The number of hydrogen-bond acceptors (Lipinski definition) is 6. The molecule has 0 aliphatic heterocycles. The second-order valence-electron chi connectivity index (χ2n) is 4.02. The van der Waals surface area contributed by atoms with Crippen molar-refractivity contribution in [3.8, 4) is 0 Å². The van der Waals surface area contributed by atoms with Gasteiger partial charge in [0.05, 0.1) is 5.69 Å². The highest BCUT2D eigenvalue weighted by atomic mass is 32.2. The van der Waals surface area contributed by atoms with Crippen molar-refractivity contribution in [1.82, 2.24) is 29.6 Å². The van der Waals surface area contributed by atoms with Crippen LogP contribution in [-0.4, -0.2) is 36.1 Å². The van der Waals surface area contributed by atoms with Gasteiger partial charge in [0.15, 0.2) is 0 Å². The fourth-order valence-electron chi connectivity index (χ4n) is 1.87. The molecule has 2 N–H and O–H groups in total. The largest absolute Gasteiger partial charge is 0.330 e. The van der Waals surface area contributed by atoms with E-state index in [2.05, 4.69) is 24.9 Å². The van der Waals surface area contributed by atoms with Crippen molar-refractivity contribution in [2.45, 2.75) is 16.6 Å². The number of hydrogen-bond donors (Lipinski definition) is 1. The number of aryl methyl sites for hydroxylation is 1. The highest BCUT2D eigenvalue weighted by Gasteiger charge is 2.15. The van der Waals surface area contributed by atoms with E-state index in [-0.39, 0.29) is 0 Å². The molecule has 0 amide bonds. The van der Waals surface area contributed by atoms with Gasteiger partial charge in [-0.3, -0.25) is 0 Å². The van der Waals surface area contributed by atoms with E-state index in [1.165, 1.54) is 11.8 Å². The molecule has 19 heavy (non-hydrogen) atoms. The third-order valence-corrected chi connectivity index (χ3v) is 3.79. The zero-order valence-electron chi connectivity index (χ0n) is 10.4. The third kappa shape index (κ3) is 2.20. The van der Waals surface area contributed by atoms with Gasteiger partial charge in [0.2, 0.25) is 5.16 Å². The predicted molar refractivity (Wildman–Crippen MR) is 70.9 cm³/mol. The van der Waals surface area contributed by atoms with Crippen molar-refractivity contribution in [1.29, 1.82) is 0 Å². The summed E-state index contributed by atoms with van der Waals surface area (Å²) in [5.74, 6) is 0. The van der Waals surface area contributed by atoms with Gasteiger partial charge < -0.3 is 10.1 Å². The van der Waals surface area contributed by atoms with Crippen molar-refractivity contribution in [2.24, 2.45) is 12.8 Å². The summed E-state index contributed by atoms with van der Waals surface area (Å²) < 4.78 is 3.68. The molecule has 98 valence electrons. The molecule has 3 heterocycles. The minimum atomic E-state index is 0.577. The molecule has 0 fully saturated rings. The minimum absolute atomic E-state index is 0.577. The molecular formula is C11H13N7S. The van der Waals surface area contributed by atoms with Crippen molar-refractivity contribution in [3.63, 3.8) is 0 Å². The molecule has 0 saturated heterocycles. The second kappa shape index (κ2) is 4.98. The Morgan fingerprint density at radius 2 is 2.26 bits per heavy atom. The molecule has 0 bridgehead atoms. The average molecular weight is 275 g/mol. The molecule has 0 unspecified atom stereocenters. The Balaban J connectivity index is 2.07. The number of imidazole rings is 1. The second-order valence-corrected chi connectivity index (χ2v) is 4.97. The zero-order valence-corrected chi connectivity index (χ0v) is 11.2. The lowest BCUT2D eigenvalue weighted by atomic mass is 10.3. The first kappa shape index (κ1) is 12.1. The van der Waals surface area contributed by atoms with E-state index in [0.717, 1.165) is 22.8 Å². The third-order valence-electron chi connectivity index (χ3n) is 2.74. The summed E-state index contributed by atoms with van der Waals surface area (Å²) in [7, 11) is 1.81. The van der Waals surface area contributed by atoms with Crippen LogP contribution in [0.25, 0.3) is 5.65 Å². The summed E-state index contributed by atoms with van der Waals surface area (Å²) in [5, 5.41) is 13.0. The van der Waals surface area contributed by atoms with Crippen molar-refractivity contribution >= 4 is 17.4 Å². The Morgan fingerprint density at radius 3 is 3.00 bits per heavy atom. The normalized spacial score (nSPS) is 11.3. The molecule has 0 atom stereocenters. The summed E-state index contributed by atoms with van der Waals surface area (Å²) in [6.07, 6.45) is 2.76. The molecule has 0 aliphatic rings. The molecule has 0 saturated carbocycles. The molecule has 0 aromatic carbocycles. The number of nitrogens with zero attached hydrogens (tertiary/aromatic N) is 6. The Hall–Kier alpha value is -1.93. The maximum Gasteiger partial charge on any atom is 0.215 e. The van der Waals surface area contributed by atoms with Crippen LogP contribution < -0.4 is 5.73 Å². The Bertz CT molecular complexity index is 702. The number of rotatable bonds is 4. The first-order valence-electron chi connectivity index (χ1n) is 5.86. The van der Waals surface area contributed by atoms with E-state index in [1.54, 1.807) is 11.7 Å². The lowest BCUT2D eigenvalue weighted by Crippen LogP contribution is -2.06. The summed E-state index contributed by atoms with van der Waals surface area (Å²) in [6, 6.07) is 5.92. The summed E-state index contributed by atoms with van der Waals surface area (Å²) in [5.41, 5.74) is 7.68. The van der Waals surface area contributed by atoms with Gasteiger partial charge in [-0.15, -0.1) is 5.10 Å². The molecule has 0 aliphatic carbocycles. The first-order valence-corrected chi connectivity index (χ1v) is 6.67. The molecular weight excluding hydrogens is 262 g/mol. The summed E-state index contributed by atoms with van der Waals surface area (Å²) in [6.45, 7) is 0.577. The Labute approximate surface area is 113 Å². The van der Waals surface area contributed by atoms with Gasteiger partial charge in [-0.2, -0.15) is 0 Å². The van der Waals surface area contributed by atoms with Crippen LogP contribution in [0.4, 0.5) is 0 Å². The molecule has 3 rings (SSSR count). The van der Waals surface area contributed by atoms with Crippen LogP contribution in [0.2, 0.25) is 0 Å². The lowest BCUT2D eigenvalue weighted by molar-refractivity contribution is 0.664. The van der Waals surface area contributed by atoms with Crippen LogP contribution in [0.15, 0.2) is 34.6 Å². The number of aromatic nitrogens is 6. The Morgan fingerprint density at radius 1 is 1.37 bits per heavy atom. The van der Waals surface area contributed by atoms with Gasteiger partial charge in [0.25, 0.3) is 0 Å². The van der Waals surface area contributed by atoms with Crippen LogP contribution in [0.1, 0.15) is 5.69 Å². The zero-order chi connectivity index (χ0) is 13.2. The first-order chi connectivity index (χ1) is 9.29. The number of tetrazole rings is 1. The van der Waals surface area contributed by atoms with E-state index < -0.39 is 0 Å². The molecule has 3 aromatic heterocycles. The van der Waals surface area contributed by atoms with Gasteiger partial charge >= 0.3 is 0 Å². The minimum Gasteiger partial charge on any atom is -0.330 e. The van der Waals surface area contributed by atoms with E-state index >= 15 is 0 Å². The molecule has 7 nitrogen and oxygen atoms in total. The highest BCUT2D eigenvalue weighted by molar-refractivity contribution is 7.99. The predicted octanol–water partition coefficient (Wildman–Crippen LogP) is 0.510. The van der Waals surface area contributed by atoms with Crippen molar-refractivity contribution in [2.75, 3.05) is 6.54 Å². The fourth-order valence-corrected chi connectivity index (χ4v) is 2.74. The van der Waals surface area contributed by atoms with E-state index in [1.807, 2.05) is 24.4 Å². The maximum absolute atomic E-state index is 5.69. The Kier molecular flexibility index (Phi) is 3.18. The van der Waals surface area contributed by atoms with E-state index in [9.17, 15) is 0 Å². The average Bonchev–Trinajstić information content (AvgIpc) is 2.96. The number of pyridine rings is 1. The summed E-state index contributed by atoms with van der Waals surface area (Å²) >= 11 is 1.45. The van der Waals surface area contributed by atoms with Crippen molar-refractivity contribution in [3.05, 3.63) is 30.1 Å². The number of fused-ring (bicyclic) bond motifs is 1. The van der Waals surface area contributed by atoms with Gasteiger partial charge in [-0.25, -0.2) is 9.67 Å². The molecule has 0 radical (unpaired) electrons. The van der Waals surface area contributed by atoms with E-state index in [4.69, 9.17) is 5.73 Å². The van der Waals surface area contributed by atoms with Crippen LogP contribution in [0.5, 0.6) is 0 Å². The van der Waals surface area contributed by atoms with Gasteiger partial charge in [-0.05, 0) is 40.9 Å². The lowest BCUT2D eigenvalue weighted by Gasteiger charge is -2.02. The maximum atomic E-state index is 5.69. The van der Waals surface area contributed by atoms with Gasteiger partial charge in [0.1, 0.15) is 10.7 Å². The van der Waals surface area contributed by atoms with E-state index in [0.29, 0.717) is 11.7 Å². The van der Waals surface area contributed by atoms with Gasteiger partial charge in [-0.1, -0.05) is 6.07 Å². The van der Waals surface area contributed by atoms with Crippen LogP contribution in [-0.2, 0) is 13.5 Å². The SMILES string of the molecule is Cn1nnnc1Sc1nc2ccccn2c1CCN. The van der Waals surface area contributed by atoms with Gasteiger partial charge in [0, 0.05) is 19.7 Å². The highest BCUT2D eigenvalue weighted by Crippen LogP contribution is 2.28. The van der Waals surface area contributed by atoms with Crippen LogP contribution >= 0.6 is 11.8 Å². The van der Waals surface area contributed by atoms with Crippen LogP contribution in [0.3, 0.4) is 0 Å². The van der Waals surface area contributed by atoms with Crippen LogP contribution in [0, 0.1) is 0 Å². The topological polar surface area (TPSA) is 86.9 Å². The monoisotopic (exact) mass is 275 g/mol. The molecule has 8 heteroatoms. The quantitative estimate of drug-likeness (QED) is 0.746. The number of nitrogens with two attached hydrogens (primary N) is 1. The fraction of sp³-hybridized carbons (Fsp3) is 0.273. The standard InChI is InChI=1S/C11H13N7S/c1-17-11(14-15-16-17)19-10-8(5-6-12)18-7-3-2-4-9(18)13-10/h2-4,7H,5-6,12H2,1H3.